The van der Waals surface area contributed by atoms with E-state index in [4.69, 9.17) is 5.11 Å². The summed E-state index contributed by atoms with van der Waals surface area (Å²) in [6.07, 6.45) is 2.58. The molecular weight excluding hydrogens is 308 g/mol. The lowest BCUT2D eigenvalue weighted by Crippen LogP contribution is -2.26. The van der Waals surface area contributed by atoms with Crippen LogP contribution in [0.4, 0.5) is 0 Å². The minimum absolute atomic E-state index is 0.0244. The molecule has 1 aliphatic rings. The fourth-order valence-corrected chi connectivity index (χ4v) is 3.04. The quantitative estimate of drug-likeness (QED) is 0.859. The van der Waals surface area contributed by atoms with Crippen LogP contribution >= 0.6 is 15.9 Å². The number of aryl methyl sites for hydroxylation is 1. The van der Waals surface area contributed by atoms with Crippen LogP contribution in [0.5, 0.6) is 0 Å². The second kappa shape index (κ2) is 5.87. The Hall–Kier alpha value is -1.16. The lowest BCUT2D eigenvalue weighted by Gasteiger charge is -2.25. The van der Waals surface area contributed by atoms with Gasteiger partial charge in [0.2, 0.25) is 0 Å². The van der Waals surface area contributed by atoms with Gasteiger partial charge in [-0.25, -0.2) is 0 Å². The number of Topliss-reactive ketones (excluding diaryl/α,β-unsaturated/α-hetero) is 1. The molecule has 4 heteroatoms. The summed E-state index contributed by atoms with van der Waals surface area (Å²) in [6, 6.07) is 5.72. The zero-order valence-electron chi connectivity index (χ0n) is 10.9. The topological polar surface area (TPSA) is 54.4 Å². The van der Waals surface area contributed by atoms with E-state index < -0.39 is 5.97 Å². The van der Waals surface area contributed by atoms with Crippen LogP contribution in [0.3, 0.4) is 0 Å². The number of aliphatic carboxylic acids is 1. The molecule has 0 amide bonds. The summed E-state index contributed by atoms with van der Waals surface area (Å²) in [5.41, 5.74) is 1.74. The van der Waals surface area contributed by atoms with Crippen molar-refractivity contribution in [2.45, 2.75) is 32.6 Å². The van der Waals surface area contributed by atoms with E-state index in [-0.39, 0.29) is 17.6 Å². The third-order valence-corrected chi connectivity index (χ3v) is 4.41. The number of carbonyl (C=O) groups excluding carboxylic acids is 1. The van der Waals surface area contributed by atoms with Crippen molar-refractivity contribution in [3.8, 4) is 0 Å². The average molecular weight is 325 g/mol. The van der Waals surface area contributed by atoms with Crippen molar-refractivity contribution in [3.05, 3.63) is 33.8 Å². The highest BCUT2D eigenvalue weighted by atomic mass is 79.9. The molecule has 0 aliphatic heterocycles. The van der Waals surface area contributed by atoms with E-state index in [1.54, 1.807) is 0 Å². The number of halogens is 1. The smallest absolute Gasteiger partial charge is 0.306 e. The summed E-state index contributed by atoms with van der Waals surface area (Å²) < 4.78 is 0.903. The molecule has 3 nitrogen and oxygen atoms in total. The molecule has 0 atom stereocenters. The molecule has 1 aliphatic carbocycles. The molecule has 0 unspecified atom stereocenters. The van der Waals surface area contributed by atoms with Gasteiger partial charge in [0.25, 0.3) is 0 Å². The Labute approximate surface area is 121 Å². The summed E-state index contributed by atoms with van der Waals surface area (Å²) in [6.45, 7) is 1.93. The van der Waals surface area contributed by atoms with Gasteiger partial charge >= 0.3 is 5.97 Å². The van der Waals surface area contributed by atoms with E-state index in [2.05, 4.69) is 15.9 Å². The van der Waals surface area contributed by atoms with E-state index in [1.807, 2.05) is 25.1 Å². The maximum Gasteiger partial charge on any atom is 0.306 e. The molecule has 0 spiro atoms. The van der Waals surface area contributed by atoms with Gasteiger partial charge in [-0.2, -0.15) is 0 Å². The number of carbonyl (C=O) groups is 2. The Balaban J connectivity index is 2.09. The highest BCUT2D eigenvalue weighted by Gasteiger charge is 2.30. The monoisotopic (exact) mass is 324 g/mol. The summed E-state index contributed by atoms with van der Waals surface area (Å²) in [7, 11) is 0. The standard InChI is InChI=1S/C15H17BrO3/c1-9-2-7-12(16)8-13(9)14(17)10-3-5-11(6-4-10)15(18)19/h2,7-8,10-11H,3-6H2,1H3,(H,18,19). The van der Waals surface area contributed by atoms with E-state index >= 15 is 0 Å². The van der Waals surface area contributed by atoms with Crippen LogP contribution in [0.2, 0.25) is 0 Å². The molecule has 102 valence electrons. The Morgan fingerprint density at radius 3 is 2.32 bits per heavy atom. The van der Waals surface area contributed by atoms with E-state index in [1.165, 1.54) is 0 Å². The molecule has 0 aromatic heterocycles. The second-order valence-electron chi connectivity index (χ2n) is 5.21. The van der Waals surface area contributed by atoms with Crippen molar-refractivity contribution in [2.24, 2.45) is 11.8 Å². The third kappa shape index (κ3) is 3.24. The summed E-state index contributed by atoms with van der Waals surface area (Å²) in [4.78, 5) is 23.4. The van der Waals surface area contributed by atoms with Gasteiger partial charge in [0, 0.05) is 16.0 Å². The molecule has 0 saturated heterocycles. The van der Waals surface area contributed by atoms with Crippen LogP contribution in [0.1, 0.15) is 41.6 Å². The lowest BCUT2D eigenvalue weighted by molar-refractivity contribution is -0.143. The first-order valence-electron chi connectivity index (χ1n) is 6.52. The Morgan fingerprint density at radius 2 is 1.74 bits per heavy atom. The first-order valence-corrected chi connectivity index (χ1v) is 7.31. The van der Waals surface area contributed by atoms with Gasteiger partial charge in [0.1, 0.15) is 0 Å². The van der Waals surface area contributed by atoms with Gasteiger partial charge in [0.05, 0.1) is 5.92 Å². The number of benzene rings is 1. The van der Waals surface area contributed by atoms with Crippen LogP contribution in [-0.4, -0.2) is 16.9 Å². The third-order valence-electron chi connectivity index (χ3n) is 3.91. The van der Waals surface area contributed by atoms with E-state index in [9.17, 15) is 9.59 Å². The van der Waals surface area contributed by atoms with Gasteiger partial charge in [-0.3, -0.25) is 9.59 Å². The van der Waals surface area contributed by atoms with Gasteiger partial charge in [0.15, 0.2) is 5.78 Å². The molecule has 2 rings (SSSR count). The van der Waals surface area contributed by atoms with Crippen LogP contribution in [0.15, 0.2) is 22.7 Å². The molecular formula is C15H17BrO3. The van der Waals surface area contributed by atoms with Crippen LogP contribution in [0, 0.1) is 18.8 Å². The molecule has 0 bridgehead atoms. The molecule has 1 aromatic rings. The van der Waals surface area contributed by atoms with Crippen molar-refractivity contribution < 1.29 is 14.7 Å². The van der Waals surface area contributed by atoms with E-state index in [0.717, 1.165) is 15.6 Å². The minimum atomic E-state index is -0.732. The molecule has 1 fully saturated rings. The molecule has 0 heterocycles. The van der Waals surface area contributed by atoms with Crippen LogP contribution in [0.25, 0.3) is 0 Å². The Bertz CT molecular complexity index is 502. The number of hydrogen-bond donors (Lipinski definition) is 1. The molecule has 1 saturated carbocycles. The summed E-state index contributed by atoms with van der Waals surface area (Å²) >= 11 is 3.39. The highest BCUT2D eigenvalue weighted by molar-refractivity contribution is 9.10. The summed E-state index contributed by atoms with van der Waals surface area (Å²) in [5.74, 6) is -0.872. The molecule has 19 heavy (non-hydrogen) atoms. The largest absolute Gasteiger partial charge is 0.481 e. The highest BCUT2D eigenvalue weighted by Crippen LogP contribution is 2.32. The van der Waals surface area contributed by atoms with Crippen molar-refractivity contribution in [3.63, 3.8) is 0 Å². The molecule has 0 radical (unpaired) electrons. The van der Waals surface area contributed by atoms with Crippen LogP contribution < -0.4 is 0 Å². The normalized spacial score (nSPS) is 23.1. The second-order valence-corrected chi connectivity index (χ2v) is 6.13. The predicted molar refractivity (Wildman–Crippen MR) is 76.3 cm³/mol. The van der Waals surface area contributed by atoms with Gasteiger partial charge in [-0.1, -0.05) is 22.0 Å². The first kappa shape index (κ1) is 14.3. The SMILES string of the molecule is Cc1ccc(Br)cc1C(=O)C1CCC(C(=O)O)CC1. The van der Waals surface area contributed by atoms with Crippen molar-refractivity contribution in [2.75, 3.05) is 0 Å². The number of hydrogen-bond acceptors (Lipinski definition) is 2. The minimum Gasteiger partial charge on any atom is -0.481 e. The van der Waals surface area contributed by atoms with Crippen LogP contribution in [-0.2, 0) is 4.79 Å². The zero-order valence-corrected chi connectivity index (χ0v) is 12.4. The molecule has 1 aromatic carbocycles. The van der Waals surface area contributed by atoms with Crippen molar-refractivity contribution in [1.82, 2.24) is 0 Å². The van der Waals surface area contributed by atoms with E-state index in [0.29, 0.717) is 25.7 Å². The van der Waals surface area contributed by atoms with Gasteiger partial charge in [-0.15, -0.1) is 0 Å². The first-order chi connectivity index (χ1) is 8.99. The maximum absolute atomic E-state index is 12.5. The zero-order chi connectivity index (χ0) is 14.0. The number of carboxylic acid groups (broad SMARTS) is 1. The average Bonchev–Trinajstić information content (AvgIpc) is 2.41. The predicted octanol–water partition coefficient (Wildman–Crippen LogP) is 3.83. The number of carboxylic acids is 1. The fourth-order valence-electron chi connectivity index (χ4n) is 2.68. The Kier molecular flexibility index (Phi) is 4.40. The Morgan fingerprint density at radius 1 is 1.16 bits per heavy atom. The molecule has 1 N–H and O–H groups in total. The van der Waals surface area contributed by atoms with Gasteiger partial charge in [-0.05, 0) is 50.3 Å². The summed E-state index contributed by atoms with van der Waals surface area (Å²) in [5, 5.41) is 8.97. The fraction of sp³-hybridized carbons (Fsp3) is 0.467. The lowest BCUT2D eigenvalue weighted by atomic mass is 9.78. The number of ketones is 1. The van der Waals surface area contributed by atoms with Crippen molar-refractivity contribution in [1.29, 1.82) is 0 Å². The van der Waals surface area contributed by atoms with Crippen molar-refractivity contribution >= 4 is 27.7 Å². The van der Waals surface area contributed by atoms with Gasteiger partial charge < -0.3 is 5.11 Å². The maximum atomic E-state index is 12.5. The number of rotatable bonds is 3.